The highest BCUT2D eigenvalue weighted by atomic mass is 79.9. The van der Waals surface area contributed by atoms with Gasteiger partial charge in [0.15, 0.2) is 0 Å². The minimum atomic E-state index is -0.140. The molecule has 0 aliphatic carbocycles. The Morgan fingerprint density at radius 2 is 2.11 bits per heavy atom. The molecule has 0 aromatic heterocycles. The Balaban J connectivity index is 2.11. The van der Waals surface area contributed by atoms with Crippen LogP contribution >= 0.6 is 27.5 Å². The summed E-state index contributed by atoms with van der Waals surface area (Å²) >= 11 is 9.41. The summed E-state index contributed by atoms with van der Waals surface area (Å²) in [4.78, 5) is 12.2. The van der Waals surface area contributed by atoms with E-state index in [1.54, 1.807) is 12.1 Å². The minimum Gasteiger partial charge on any atom is -0.347 e. The summed E-state index contributed by atoms with van der Waals surface area (Å²) in [5, 5.41) is 6.85. The van der Waals surface area contributed by atoms with Crippen LogP contribution in [-0.4, -0.2) is 24.5 Å². The molecule has 1 aliphatic rings. The van der Waals surface area contributed by atoms with E-state index in [0.717, 1.165) is 30.4 Å². The first-order chi connectivity index (χ1) is 8.50. The fraction of sp³-hybridized carbons (Fsp3) is 0.462. The maximum Gasteiger partial charge on any atom is 0.253 e. The van der Waals surface area contributed by atoms with Crippen molar-refractivity contribution < 1.29 is 4.79 Å². The molecule has 1 heterocycles. The van der Waals surface area contributed by atoms with Gasteiger partial charge in [-0.3, -0.25) is 4.79 Å². The van der Waals surface area contributed by atoms with Crippen molar-refractivity contribution in [3.8, 4) is 0 Å². The SMILES string of the molecule is CC1(NC(=O)c2ccc(Br)cc2Cl)CCNCC1. The van der Waals surface area contributed by atoms with Gasteiger partial charge in [-0.1, -0.05) is 27.5 Å². The minimum absolute atomic E-state index is 0.100. The molecule has 2 rings (SSSR count). The number of halogens is 2. The predicted octanol–water partition coefficient (Wildman–Crippen LogP) is 2.97. The van der Waals surface area contributed by atoms with E-state index in [2.05, 4.69) is 33.5 Å². The van der Waals surface area contributed by atoms with Crippen molar-refractivity contribution in [2.24, 2.45) is 0 Å². The lowest BCUT2D eigenvalue weighted by atomic mass is 9.90. The van der Waals surface area contributed by atoms with Crippen LogP contribution in [0.25, 0.3) is 0 Å². The second-order valence-electron chi connectivity index (χ2n) is 4.89. The van der Waals surface area contributed by atoms with Crippen LogP contribution in [0.3, 0.4) is 0 Å². The fourth-order valence-electron chi connectivity index (χ4n) is 2.12. The lowest BCUT2D eigenvalue weighted by Gasteiger charge is -2.35. The molecule has 0 spiro atoms. The van der Waals surface area contributed by atoms with Crippen molar-refractivity contribution >= 4 is 33.4 Å². The van der Waals surface area contributed by atoms with Crippen molar-refractivity contribution in [1.29, 1.82) is 0 Å². The van der Waals surface area contributed by atoms with E-state index in [4.69, 9.17) is 11.6 Å². The van der Waals surface area contributed by atoms with E-state index in [1.165, 1.54) is 0 Å². The van der Waals surface area contributed by atoms with Crippen LogP contribution in [0.4, 0.5) is 0 Å². The highest BCUT2D eigenvalue weighted by molar-refractivity contribution is 9.10. The highest BCUT2D eigenvalue weighted by Crippen LogP contribution is 2.23. The second kappa shape index (κ2) is 5.59. The first-order valence-corrected chi connectivity index (χ1v) is 7.16. The lowest BCUT2D eigenvalue weighted by molar-refractivity contribution is 0.0887. The summed E-state index contributed by atoms with van der Waals surface area (Å²) in [7, 11) is 0. The number of rotatable bonds is 2. The van der Waals surface area contributed by atoms with Crippen LogP contribution in [0.2, 0.25) is 5.02 Å². The summed E-state index contributed by atoms with van der Waals surface area (Å²) in [5.41, 5.74) is 0.387. The zero-order valence-electron chi connectivity index (χ0n) is 10.2. The second-order valence-corrected chi connectivity index (χ2v) is 6.21. The maximum absolute atomic E-state index is 12.2. The summed E-state index contributed by atoms with van der Waals surface area (Å²) in [6.07, 6.45) is 1.87. The lowest BCUT2D eigenvalue weighted by Crippen LogP contribution is -2.52. The van der Waals surface area contributed by atoms with E-state index in [-0.39, 0.29) is 11.4 Å². The monoisotopic (exact) mass is 330 g/mol. The Morgan fingerprint density at radius 3 is 2.72 bits per heavy atom. The Morgan fingerprint density at radius 1 is 1.44 bits per heavy atom. The maximum atomic E-state index is 12.2. The quantitative estimate of drug-likeness (QED) is 0.875. The smallest absolute Gasteiger partial charge is 0.253 e. The third-order valence-electron chi connectivity index (χ3n) is 3.30. The van der Waals surface area contributed by atoms with Crippen LogP contribution in [0.15, 0.2) is 22.7 Å². The number of carbonyl (C=O) groups is 1. The number of hydrogen-bond acceptors (Lipinski definition) is 2. The molecular weight excluding hydrogens is 316 g/mol. The zero-order valence-corrected chi connectivity index (χ0v) is 12.6. The van der Waals surface area contributed by atoms with E-state index in [9.17, 15) is 4.79 Å². The number of nitrogens with one attached hydrogen (secondary N) is 2. The van der Waals surface area contributed by atoms with Crippen LogP contribution in [-0.2, 0) is 0 Å². The molecule has 1 saturated heterocycles. The van der Waals surface area contributed by atoms with Gasteiger partial charge in [0.1, 0.15) is 0 Å². The molecule has 3 nitrogen and oxygen atoms in total. The Kier molecular flexibility index (Phi) is 4.30. The first kappa shape index (κ1) is 13.8. The molecule has 1 amide bonds. The van der Waals surface area contributed by atoms with E-state index < -0.39 is 0 Å². The van der Waals surface area contributed by atoms with Gasteiger partial charge in [-0.15, -0.1) is 0 Å². The van der Waals surface area contributed by atoms with E-state index in [0.29, 0.717) is 10.6 Å². The van der Waals surface area contributed by atoms with Crippen LogP contribution in [0, 0.1) is 0 Å². The first-order valence-electron chi connectivity index (χ1n) is 5.98. The van der Waals surface area contributed by atoms with Gasteiger partial charge in [0.25, 0.3) is 5.91 Å². The average Bonchev–Trinajstić information content (AvgIpc) is 2.28. The predicted molar refractivity (Wildman–Crippen MR) is 77.1 cm³/mol. The molecule has 0 saturated carbocycles. The Labute approximate surface area is 120 Å². The molecule has 0 unspecified atom stereocenters. The molecule has 5 heteroatoms. The van der Waals surface area contributed by atoms with Gasteiger partial charge in [0.2, 0.25) is 0 Å². The van der Waals surface area contributed by atoms with Crippen molar-refractivity contribution in [3.63, 3.8) is 0 Å². The van der Waals surface area contributed by atoms with Gasteiger partial charge in [0.05, 0.1) is 10.6 Å². The van der Waals surface area contributed by atoms with Gasteiger partial charge in [-0.05, 0) is 51.1 Å². The van der Waals surface area contributed by atoms with Crippen LogP contribution in [0.5, 0.6) is 0 Å². The van der Waals surface area contributed by atoms with Crippen molar-refractivity contribution in [3.05, 3.63) is 33.3 Å². The summed E-state index contributed by atoms with van der Waals surface area (Å²) < 4.78 is 0.872. The van der Waals surface area contributed by atoms with Gasteiger partial charge >= 0.3 is 0 Å². The van der Waals surface area contributed by atoms with Crippen molar-refractivity contribution in [1.82, 2.24) is 10.6 Å². The number of piperidine rings is 1. The highest BCUT2D eigenvalue weighted by Gasteiger charge is 2.29. The third kappa shape index (κ3) is 3.25. The molecule has 98 valence electrons. The average molecular weight is 332 g/mol. The summed E-state index contributed by atoms with van der Waals surface area (Å²) in [6.45, 7) is 3.95. The van der Waals surface area contributed by atoms with Crippen LogP contribution in [0.1, 0.15) is 30.1 Å². The van der Waals surface area contributed by atoms with E-state index in [1.807, 2.05) is 6.07 Å². The Hall–Kier alpha value is -0.580. The largest absolute Gasteiger partial charge is 0.347 e. The third-order valence-corrected chi connectivity index (χ3v) is 4.10. The van der Waals surface area contributed by atoms with E-state index >= 15 is 0 Å². The summed E-state index contributed by atoms with van der Waals surface area (Å²) in [6, 6.07) is 5.30. The summed E-state index contributed by atoms with van der Waals surface area (Å²) in [5.74, 6) is -0.100. The van der Waals surface area contributed by atoms with Gasteiger partial charge in [0, 0.05) is 10.0 Å². The molecule has 1 aromatic carbocycles. The number of amides is 1. The number of carbonyl (C=O) groups excluding carboxylic acids is 1. The van der Waals surface area contributed by atoms with Gasteiger partial charge in [-0.25, -0.2) is 0 Å². The van der Waals surface area contributed by atoms with Crippen molar-refractivity contribution in [2.45, 2.75) is 25.3 Å². The molecule has 1 aromatic rings. The van der Waals surface area contributed by atoms with Crippen molar-refractivity contribution in [2.75, 3.05) is 13.1 Å². The molecule has 0 bridgehead atoms. The standard InChI is InChI=1S/C13H16BrClN2O/c1-13(4-6-16-7-5-13)17-12(18)10-3-2-9(14)8-11(10)15/h2-3,8,16H,4-7H2,1H3,(H,17,18). The number of hydrogen-bond donors (Lipinski definition) is 2. The molecule has 0 atom stereocenters. The molecule has 1 fully saturated rings. The molecule has 18 heavy (non-hydrogen) atoms. The van der Waals surface area contributed by atoms with Gasteiger partial charge < -0.3 is 10.6 Å². The van der Waals surface area contributed by atoms with Crippen LogP contribution < -0.4 is 10.6 Å². The molecular formula is C13H16BrClN2O. The van der Waals surface area contributed by atoms with Gasteiger partial charge in [-0.2, -0.15) is 0 Å². The number of benzene rings is 1. The normalized spacial score (nSPS) is 18.4. The fourth-order valence-corrected chi connectivity index (χ4v) is 2.88. The Bertz CT molecular complexity index is 458. The molecule has 0 radical (unpaired) electrons. The molecule has 2 N–H and O–H groups in total. The molecule has 1 aliphatic heterocycles. The topological polar surface area (TPSA) is 41.1 Å². The zero-order chi connectivity index (χ0) is 13.2.